The number of fused-ring (bicyclic) bond motifs is 2. The van der Waals surface area contributed by atoms with Crippen molar-refractivity contribution >= 4 is 46.4 Å². The predicted octanol–water partition coefficient (Wildman–Crippen LogP) is 3.72. The monoisotopic (exact) mass is 415 g/mol. The quantitative estimate of drug-likeness (QED) is 0.591. The first-order chi connectivity index (χ1) is 13.5. The molecule has 0 saturated carbocycles. The van der Waals surface area contributed by atoms with Crippen LogP contribution < -0.4 is 5.32 Å². The molecule has 7 heteroatoms. The van der Waals surface area contributed by atoms with Crippen molar-refractivity contribution in [3.63, 3.8) is 0 Å². The van der Waals surface area contributed by atoms with Crippen LogP contribution >= 0.6 is 23.2 Å². The molecule has 1 N–H and O–H groups in total. The zero-order valence-electron chi connectivity index (χ0n) is 15.2. The van der Waals surface area contributed by atoms with Gasteiger partial charge >= 0.3 is 0 Å². The maximum absolute atomic E-state index is 13.0. The summed E-state index contributed by atoms with van der Waals surface area (Å²) >= 11 is 12.8. The molecule has 2 amide bonds. The summed E-state index contributed by atoms with van der Waals surface area (Å²) in [5.74, 6) is -0.386. The first kappa shape index (κ1) is 18.1. The number of nitrogens with zero attached hydrogens (tertiary/aromatic N) is 2. The van der Waals surface area contributed by atoms with Crippen molar-refractivity contribution in [2.75, 3.05) is 13.1 Å². The molecule has 1 saturated heterocycles. The fraction of sp³-hybridized carbons (Fsp3) is 0.381. The molecule has 1 fully saturated rings. The smallest absolute Gasteiger partial charge is 0.261 e. The van der Waals surface area contributed by atoms with E-state index in [0.29, 0.717) is 29.0 Å². The van der Waals surface area contributed by atoms with Gasteiger partial charge in [0.2, 0.25) is 0 Å². The molecule has 3 aliphatic heterocycles. The lowest BCUT2D eigenvalue weighted by Gasteiger charge is -2.29. The molecule has 1 aliphatic carbocycles. The summed E-state index contributed by atoms with van der Waals surface area (Å²) in [4.78, 5) is 32.1. The third-order valence-electron chi connectivity index (χ3n) is 5.89. The van der Waals surface area contributed by atoms with E-state index in [9.17, 15) is 9.59 Å². The van der Waals surface area contributed by atoms with Crippen molar-refractivity contribution in [3.8, 4) is 0 Å². The van der Waals surface area contributed by atoms with Gasteiger partial charge in [-0.25, -0.2) is 0 Å². The van der Waals surface area contributed by atoms with Gasteiger partial charge in [0.25, 0.3) is 11.8 Å². The number of nitrogens with one attached hydrogen (secondary N) is 1. The Morgan fingerprint density at radius 2 is 1.82 bits per heavy atom. The van der Waals surface area contributed by atoms with Crippen LogP contribution in [0.4, 0.5) is 5.69 Å². The van der Waals surface area contributed by atoms with E-state index < -0.39 is 0 Å². The zero-order valence-corrected chi connectivity index (χ0v) is 16.7. The second kappa shape index (κ2) is 6.83. The summed E-state index contributed by atoms with van der Waals surface area (Å²) in [6, 6.07) is 3.56. The molecule has 28 heavy (non-hydrogen) atoms. The Hall–Kier alpha value is -1.95. The summed E-state index contributed by atoms with van der Waals surface area (Å²) < 4.78 is 0. The molecule has 1 unspecified atom stereocenters. The van der Waals surface area contributed by atoms with Gasteiger partial charge in [-0.05, 0) is 56.1 Å². The molecule has 3 heterocycles. The van der Waals surface area contributed by atoms with Gasteiger partial charge in [-0.3, -0.25) is 19.5 Å². The summed E-state index contributed by atoms with van der Waals surface area (Å²) in [7, 11) is 0. The number of carbonyl (C=O) groups is 2. The first-order valence-electron chi connectivity index (χ1n) is 9.58. The molecule has 0 aromatic heterocycles. The molecule has 4 aliphatic rings. The predicted molar refractivity (Wildman–Crippen MR) is 110 cm³/mol. The van der Waals surface area contributed by atoms with Crippen LogP contribution in [0.2, 0.25) is 0 Å². The lowest BCUT2D eigenvalue weighted by molar-refractivity contribution is 0.0556. The van der Waals surface area contributed by atoms with Gasteiger partial charge in [0, 0.05) is 23.1 Å². The van der Waals surface area contributed by atoms with Crippen molar-refractivity contribution in [1.82, 2.24) is 10.2 Å². The Balaban J connectivity index is 1.49. The topological polar surface area (TPSA) is 61.8 Å². The number of benzene rings is 1. The van der Waals surface area contributed by atoms with Crippen LogP contribution in [0.15, 0.2) is 39.9 Å². The minimum absolute atomic E-state index is 0.0300. The molecular formula is C21H19Cl2N3O2. The van der Waals surface area contributed by atoms with Gasteiger partial charge in [-0.15, -0.1) is 11.6 Å². The Labute approximate surface area is 173 Å². The number of imide groups is 1. The highest BCUT2D eigenvalue weighted by Gasteiger charge is 2.41. The van der Waals surface area contributed by atoms with Gasteiger partial charge in [0.1, 0.15) is 0 Å². The molecule has 0 bridgehead atoms. The lowest BCUT2D eigenvalue weighted by atomic mass is 9.95. The van der Waals surface area contributed by atoms with Crippen molar-refractivity contribution in [3.05, 3.63) is 51.6 Å². The third kappa shape index (κ3) is 2.76. The molecule has 5 nitrogen and oxygen atoms in total. The highest BCUT2D eigenvalue weighted by Crippen LogP contribution is 2.39. The van der Waals surface area contributed by atoms with Gasteiger partial charge in [-0.1, -0.05) is 17.7 Å². The number of rotatable bonds is 2. The van der Waals surface area contributed by atoms with Crippen LogP contribution in [-0.2, 0) is 6.42 Å². The van der Waals surface area contributed by atoms with Crippen LogP contribution in [0.3, 0.4) is 0 Å². The van der Waals surface area contributed by atoms with Crippen molar-refractivity contribution in [2.24, 2.45) is 4.99 Å². The van der Waals surface area contributed by atoms with Gasteiger partial charge in [0.15, 0.2) is 0 Å². The largest absolute Gasteiger partial charge is 0.317 e. The van der Waals surface area contributed by atoms with Crippen LogP contribution in [0.1, 0.15) is 45.5 Å². The van der Waals surface area contributed by atoms with E-state index in [1.165, 1.54) is 4.90 Å². The molecule has 1 aromatic carbocycles. The maximum Gasteiger partial charge on any atom is 0.261 e. The van der Waals surface area contributed by atoms with Gasteiger partial charge in [0.05, 0.1) is 27.9 Å². The van der Waals surface area contributed by atoms with Gasteiger partial charge < -0.3 is 5.32 Å². The standard InChI is InChI=1S/C21H19Cl2N3O2/c22-15-2-1-3-16(23)19(15)18-9-11-8-13-14(10-17(11)25-18)21(28)26(20(13)27)12-4-6-24-7-5-12/h1-2,8,10,12,16,24H,3-7,9H2. The van der Waals surface area contributed by atoms with E-state index >= 15 is 0 Å². The number of piperidine rings is 1. The summed E-state index contributed by atoms with van der Waals surface area (Å²) in [5, 5.41) is 3.67. The van der Waals surface area contributed by atoms with Crippen molar-refractivity contribution in [1.29, 1.82) is 0 Å². The normalized spacial score (nSPS) is 24.7. The molecular weight excluding hydrogens is 397 g/mol. The first-order valence-corrected chi connectivity index (χ1v) is 10.4. The maximum atomic E-state index is 13.0. The highest BCUT2D eigenvalue weighted by atomic mass is 35.5. The molecule has 144 valence electrons. The van der Waals surface area contributed by atoms with Crippen molar-refractivity contribution < 1.29 is 9.59 Å². The van der Waals surface area contributed by atoms with E-state index in [2.05, 4.69) is 5.32 Å². The minimum atomic E-state index is -0.212. The fourth-order valence-electron chi connectivity index (χ4n) is 4.47. The molecule has 0 radical (unpaired) electrons. The number of hydrogen-bond acceptors (Lipinski definition) is 4. The SMILES string of the molecule is O=C1c2cc3c(cc2C(=O)N1C1CCNCC1)N=C(C1=C(Cl)C=CCC1Cl)C3. The average molecular weight is 416 g/mol. The van der Waals surface area contributed by atoms with Crippen LogP contribution in [-0.4, -0.2) is 46.9 Å². The zero-order chi connectivity index (χ0) is 19.4. The number of hydrogen-bond donors (Lipinski definition) is 1. The van der Waals surface area contributed by atoms with E-state index in [0.717, 1.165) is 48.5 Å². The number of alkyl halides is 1. The fourth-order valence-corrected chi connectivity index (χ4v) is 5.20. The Bertz CT molecular complexity index is 990. The van der Waals surface area contributed by atoms with Crippen LogP contribution in [0.25, 0.3) is 0 Å². The molecule has 1 atom stereocenters. The Morgan fingerprint density at radius 1 is 1.11 bits per heavy atom. The number of aliphatic imine (C=N–C) groups is 1. The van der Waals surface area contributed by atoms with E-state index in [1.54, 1.807) is 6.07 Å². The number of carbonyl (C=O) groups excluding carboxylic acids is 2. The van der Waals surface area contributed by atoms with E-state index in [1.807, 2.05) is 18.2 Å². The van der Waals surface area contributed by atoms with Crippen LogP contribution in [0, 0.1) is 0 Å². The van der Waals surface area contributed by atoms with Crippen LogP contribution in [0.5, 0.6) is 0 Å². The number of halogens is 2. The highest BCUT2D eigenvalue weighted by molar-refractivity contribution is 6.37. The Morgan fingerprint density at radius 3 is 2.54 bits per heavy atom. The molecule has 0 spiro atoms. The number of amides is 2. The summed E-state index contributed by atoms with van der Waals surface area (Å²) in [6.45, 7) is 1.65. The minimum Gasteiger partial charge on any atom is -0.317 e. The van der Waals surface area contributed by atoms with E-state index in [-0.39, 0.29) is 23.2 Å². The van der Waals surface area contributed by atoms with Gasteiger partial charge in [-0.2, -0.15) is 0 Å². The lowest BCUT2D eigenvalue weighted by Crippen LogP contribution is -2.45. The summed E-state index contributed by atoms with van der Waals surface area (Å²) in [5.41, 5.74) is 4.29. The molecule has 5 rings (SSSR count). The third-order valence-corrected chi connectivity index (χ3v) is 6.62. The second-order valence-electron chi connectivity index (χ2n) is 7.59. The summed E-state index contributed by atoms with van der Waals surface area (Å²) in [6.07, 6.45) is 6.68. The number of allylic oxidation sites excluding steroid dienone is 4. The van der Waals surface area contributed by atoms with E-state index in [4.69, 9.17) is 28.2 Å². The Kier molecular flexibility index (Phi) is 4.42. The average Bonchev–Trinajstić information content (AvgIpc) is 3.19. The van der Waals surface area contributed by atoms with Crippen molar-refractivity contribution in [2.45, 2.75) is 37.1 Å². The second-order valence-corrected chi connectivity index (χ2v) is 8.52. The molecule has 1 aromatic rings.